The van der Waals surface area contributed by atoms with Crippen LogP contribution in [0.3, 0.4) is 0 Å². The van der Waals surface area contributed by atoms with Crippen LogP contribution in [0.4, 0.5) is 5.69 Å². The fourth-order valence-electron chi connectivity index (χ4n) is 3.34. The van der Waals surface area contributed by atoms with Crippen LogP contribution in [0.5, 0.6) is 5.75 Å². The maximum atomic E-state index is 13.0. The molecule has 34 heavy (non-hydrogen) atoms. The highest BCUT2D eigenvalue weighted by Gasteiger charge is 2.21. The molecule has 1 aromatic heterocycles. The summed E-state index contributed by atoms with van der Waals surface area (Å²) in [6, 6.07) is 15.9. The summed E-state index contributed by atoms with van der Waals surface area (Å²) >= 11 is 6.67. The lowest BCUT2D eigenvalue weighted by molar-refractivity contribution is -0.386. The first-order chi connectivity index (χ1) is 16.2. The fourth-order valence-corrected chi connectivity index (χ4v) is 4.17. The van der Waals surface area contributed by atoms with Gasteiger partial charge in [-0.05, 0) is 43.7 Å². The molecule has 0 aliphatic carbocycles. The average molecular weight is 586 g/mol. The Morgan fingerprint density at radius 1 is 1.09 bits per heavy atom. The normalized spacial score (nSPS) is 11.3. The first kappa shape index (κ1) is 23.8. The summed E-state index contributed by atoms with van der Waals surface area (Å²) in [4.78, 5) is 28.7. The van der Waals surface area contributed by atoms with E-state index in [1.54, 1.807) is 31.2 Å². The molecule has 0 saturated heterocycles. The number of rotatable bonds is 6. The minimum Gasteiger partial charge on any atom is -0.481 e. The van der Waals surface area contributed by atoms with Gasteiger partial charge in [0.2, 0.25) is 5.75 Å². The minimum atomic E-state index is -0.515. The van der Waals surface area contributed by atoms with Crippen molar-refractivity contribution in [1.29, 1.82) is 0 Å². The number of aromatic nitrogens is 2. The molecule has 1 heterocycles. The quantitative estimate of drug-likeness (QED) is 0.159. The summed E-state index contributed by atoms with van der Waals surface area (Å²) < 4.78 is 8.26. The second-order valence-corrected chi connectivity index (χ2v) is 9.39. The van der Waals surface area contributed by atoms with Crippen LogP contribution >= 0.6 is 31.9 Å². The van der Waals surface area contributed by atoms with Gasteiger partial charge in [-0.25, -0.2) is 4.98 Å². The molecule has 0 aliphatic heterocycles. The predicted molar refractivity (Wildman–Crippen MR) is 138 cm³/mol. The lowest BCUT2D eigenvalue weighted by Gasteiger charge is -2.11. The lowest BCUT2D eigenvalue weighted by atomic mass is 10.1. The van der Waals surface area contributed by atoms with E-state index >= 15 is 0 Å². The van der Waals surface area contributed by atoms with Gasteiger partial charge in [0.1, 0.15) is 12.4 Å². The van der Waals surface area contributed by atoms with Gasteiger partial charge in [0.25, 0.3) is 5.56 Å². The van der Waals surface area contributed by atoms with E-state index in [4.69, 9.17) is 4.74 Å². The summed E-state index contributed by atoms with van der Waals surface area (Å²) in [5.41, 5.74) is 2.29. The standard InChI is InChI=1S/C24H18Br2N4O4/c1-14-3-5-16(6-4-14)13-34-23-17(9-19(26)11-22(23)30(32)33)12-27-29-15(2)28-21-8-7-18(25)10-20(21)24(29)31/h3-12H,13H2,1-2H3. The Hall–Kier alpha value is -3.37. The number of hydrogen-bond acceptors (Lipinski definition) is 6. The molecule has 0 unspecified atom stereocenters. The van der Waals surface area contributed by atoms with Crippen molar-refractivity contribution in [3.8, 4) is 5.75 Å². The molecule has 0 spiro atoms. The number of nitro benzene ring substituents is 1. The number of nitro groups is 1. The first-order valence-electron chi connectivity index (χ1n) is 10.1. The molecule has 0 saturated carbocycles. The Kier molecular flexibility index (Phi) is 6.90. The number of nitrogens with zero attached hydrogens (tertiary/aromatic N) is 4. The third kappa shape index (κ3) is 5.07. The van der Waals surface area contributed by atoms with Crippen molar-refractivity contribution >= 4 is 54.7 Å². The van der Waals surface area contributed by atoms with Crippen molar-refractivity contribution in [2.45, 2.75) is 20.5 Å². The Morgan fingerprint density at radius 3 is 2.53 bits per heavy atom. The molecular weight excluding hydrogens is 568 g/mol. The second kappa shape index (κ2) is 9.86. The van der Waals surface area contributed by atoms with Crippen LogP contribution in [0.1, 0.15) is 22.5 Å². The van der Waals surface area contributed by atoms with E-state index in [0.717, 1.165) is 20.3 Å². The molecule has 0 N–H and O–H groups in total. The molecule has 0 bridgehead atoms. The van der Waals surface area contributed by atoms with Crippen LogP contribution in [-0.4, -0.2) is 20.8 Å². The van der Waals surface area contributed by atoms with Gasteiger partial charge >= 0.3 is 5.69 Å². The molecule has 3 aromatic carbocycles. The van der Waals surface area contributed by atoms with E-state index in [-0.39, 0.29) is 23.6 Å². The predicted octanol–water partition coefficient (Wildman–Crippen LogP) is 5.91. The second-order valence-electron chi connectivity index (χ2n) is 7.56. The van der Waals surface area contributed by atoms with E-state index in [1.807, 2.05) is 31.2 Å². The third-order valence-electron chi connectivity index (χ3n) is 5.05. The Labute approximate surface area is 211 Å². The van der Waals surface area contributed by atoms with Crippen LogP contribution in [0.2, 0.25) is 0 Å². The number of halogens is 2. The maximum absolute atomic E-state index is 13.0. The molecule has 10 heteroatoms. The molecule has 4 aromatic rings. The van der Waals surface area contributed by atoms with Crippen LogP contribution in [-0.2, 0) is 6.61 Å². The molecule has 0 atom stereocenters. The molecule has 4 rings (SSSR count). The van der Waals surface area contributed by atoms with Crippen LogP contribution in [0.25, 0.3) is 10.9 Å². The highest BCUT2D eigenvalue weighted by Crippen LogP contribution is 2.34. The summed E-state index contributed by atoms with van der Waals surface area (Å²) in [6.07, 6.45) is 1.36. The Bertz CT molecular complexity index is 1500. The van der Waals surface area contributed by atoms with Gasteiger partial charge in [-0.2, -0.15) is 9.78 Å². The minimum absolute atomic E-state index is 0.0553. The van der Waals surface area contributed by atoms with Crippen LogP contribution in [0, 0.1) is 24.0 Å². The van der Waals surface area contributed by atoms with E-state index in [0.29, 0.717) is 26.8 Å². The summed E-state index contributed by atoms with van der Waals surface area (Å²) in [5, 5.41) is 16.4. The zero-order valence-corrected chi connectivity index (χ0v) is 21.3. The number of hydrogen-bond donors (Lipinski definition) is 0. The third-order valence-corrected chi connectivity index (χ3v) is 6.00. The van der Waals surface area contributed by atoms with Gasteiger partial charge < -0.3 is 4.74 Å². The maximum Gasteiger partial charge on any atom is 0.312 e. The topological polar surface area (TPSA) is 99.6 Å². The summed E-state index contributed by atoms with van der Waals surface area (Å²) in [5.74, 6) is 0.433. The smallest absolute Gasteiger partial charge is 0.312 e. The largest absolute Gasteiger partial charge is 0.481 e. The number of fused-ring (bicyclic) bond motifs is 1. The van der Waals surface area contributed by atoms with Gasteiger partial charge in [0.15, 0.2) is 0 Å². The molecular formula is C24H18Br2N4O4. The van der Waals surface area contributed by atoms with Gasteiger partial charge in [0, 0.05) is 20.6 Å². The van der Waals surface area contributed by atoms with Crippen molar-refractivity contribution in [1.82, 2.24) is 9.66 Å². The molecule has 0 radical (unpaired) electrons. The van der Waals surface area contributed by atoms with Gasteiger partial charge in [-0.1, -0.05) is 61.7 Å². The van der Waals surface area contributed by atoms with Crippen molar-refractivity contribution in [2.75, 3.05) is 0 Å². The SMILES string of the molecule is Cc1ccc(COc2c(C=Nn3c(C)nc4ccc(Br)cc4c3=O)cc(Br)cc2[N+](=O)[O-])cc1. The lowest BCUT2D eigenvalue weighted by Crippen LogP contribution is -2.20. The van der Waals surface area contributed by atoms with E-state index in [1.165, 1.54) is 12.3 Å². The van der Waals surface area contributed by atoms with E-state index in [2.05, 4.69) is 41.9 Å². The highest BCUT2D eigenvalue weighted by molar-refractivity contribution is 9.10. The molecule has 0 fully saturated rings. The Morgan fingerprint density at radius 2 is 1.82 bits per heavy atom. The molecule has 0 aliphatic rings. The van der Waals surface area contributed by atoms with Crippen molar-refractivity contribution in [3.63, 3.8) is 0 Å². The summed E-state index contributed by atoms with van der Waals surface area (Å²) in [6.45, 7) is 3.77. The summed E-state index contributed by atoms with van der Waals surface area (Å²) in [7, 11) is 0. The molecule has 172 valence electrons. The Balaban J connectivity index is 1.77. The van der Waals surface area contributed by atoms with Crippen LogP contribution in [0.15, 0.2) is 73.4 Å². The van der Waals surface area contributed by atoms with Gasteiger partial charge in [0.05, 0.1) is 22.0 Å². The van der Waals surface area contributed by atoms with Gasteiger partial charge in [-0.15, -0.1) is 0 Å². The van der Waals surface area contributed by atoms with Crippen molar-refractivity contribution in [3.05, 3.63) is 107 Å². The highest BCUT2D eigenvalue weighted by atomic mass is 79.9. The van der Waals surface area contributed by atoms with Crippen molar-refractivity contribution in [2.24, 2.45) is 5.10 Å². The molecule has 8 nitrogen and oxygen atoms in total. The van der Waals surface area contributed by atoms with E-state index < -0.39 is 4.92 Å². The van der Waals surface area contributed by atoms with Gasteiger partial charge in [-0.3, -0.25) is 14.9 Å². The number of aryl methyl sites for hydroxylation is 2. The molecule has 0 amide bonds. The number of ether oxygens (including phenoxy) is 1. The van der Waals surface area contributed by atoms with Crippen molar-refractivity contribution < 1.29 is 9.66 Å². The number of benzene rings is 3. The average Bonchev–Trinajstić information content (AvgIpc) is 2.79. The monoisotopic (exact) mass is 584 g/mol. The first-order valence-corrected chi connectivity index (χ1v) is 11.7. The van der Waals surface area contributed by atoms with E-state index in [9.17, 15) is 14.9 Å². The zero-order chi connectivity index (χ0) is 24.4. The zero-order valence-electron chi connectivity index (χ0n) is 18.2. The fraction of sp³-hybridized carbons (Fsp3) is 0.125. The van der Waals surface area contributed by atoms with Crippen LogP contribution < -0.4 is 10.3 Å².